The van der Waals surface area contributed by atoms with Crippen LogP contribution in [0.3, 0.4) is 0 Å². The van der Waals surface area contributed by atoms with Gasteiger partial charge in [0, 0.05) is 35.1 Å². The van der Waals surface area contributed by atoms with E-state index in [9.17, 15) is 0 Å². The lowest BCUT2D eigenvalue weighted by atomic mass is 10.0. The van der Waals surface area contributed by atoms with Crippen molar-refractivity contribution in [2.45, 2.75) is 25.8 Å². The Balaban J connectivity index is 2.20. The molecule has 84 valence electrons. The molecule has 2 heterocycles. The van der Waals surface area contributed by atoms with Gasteiger partial charge in [-0.05, 0) is 31.0 Å². The molecule has 0 saturated carbocycles. The molecule has 1 aliphatic rings. The monoisotopic (exact) mass is 216 g/mol. The van der Waals surface area contributed by atoms with E-state index in [0.29, 0.717) is 0 Å². The molecule has 0 spiro atoms. The molecule has 0 saturated heterocycles. The van der Waals surface area contributed by atoms with E-state index >= 15 is 0 Å². The second-order valence-electron chi connectivity index (χ2n) is 4.56. The highest BCUT2D eigenvalue weighted by Crippen LogP contribution is 2.34. The number of aromatic nitrogens is 1. The van der Waals surface area contributed by atoms with E-state index in [1.165, 1.54) is 22.0 Å². The molecule has 0 amide bonds. The molecule has 3 heteroatoms. The predicted octanol–water partition coefficient (Wildman–Crippen LogP) is 1.99. The lowest BCUT2D eigenvalue weighted by Gasteiger charge is -2.06. The number of hydrogen-bond acceptors (Lipinski definition) is 2. The minimum Gasteiger partial charge on any atom is -0.493 e. The fourth-order valence-electron chi connectivity index (χ4n) is 2.51. The zero-order chi connectivity index (χ0) is 11.1. The molecule has 16 heavy (non-hydrogen) atoms. The summed E-state index contributed by atoms with van der Waals surface area (Å²) in [5, 5.41) is 1.33. The van der Waals surface area contributed by atoms with Crippen LogP contribution < -0.4 is 10.5 Å². The molecule has 3 rings (SSSR count). The minimum absolute atomic E-state index is 0.192. The molecule has 1 aromatic carbocycles. The Kier molecular flexibility index (Phi) is 2.14. The lowest BCUT2D eigenvalue weighted by Crippen LogP contribution is -2.17. The van der Waals surface area contributed by atoms with E-state index in [0.717, 1.165) is 25.2 Å². The Morgan fingerprint density at radius 2 is 2.38 bits per heavy atom. The van der Waals surface area contributed by atoms with Gasteiger partial charge in [-0.15, -0.1) is 0 Å². The first-order valence-corrected chi connectivity index (χ1v) is 5.76. The zero-order valence-corrected chi connectivity index (χ0v) is 9.42. The first-order valence-electron chi connectivity index (χ1n) is 5.76. The van der Waals surface area contributed by atoms with Crippen LogP contribution >= 0.6 is 0 Å². The Labute approximate surface area is 94.6 Å². The molecule has 3 nitrogen and oxygen atoms in total. The van der Waals surface area contributed by atoms with Crippen LogP contribution in [0, 0.1) is 0 Å². The van der Waals surface area contributed by atoms with Crippen LogP contribution in [0.25, 0.3) is 10.9 Å². The summed E-state index contributed by atoms with van der Waals surface area (Å²) in [6.07, 6.45) is 4.00. The normalized spacial score (nSPS) is 16.1. The van der Waals surface area contributed by atoms with Crippen molar-refractivity contribution in [2.24, 2.45) is 5.73 Å². The van der Waals surface area contributed by atoms with Gasteiger partial charge in [-0.2, -0.15) is 0 Å². The number of ether oxygens (including phenoxy) is 1. The summed E-state index contributed by atoms with van der Waals surface area (Å²) in [7, 11) is 0. The maximum atomic E-state index is 5.87. The summed E-state index contributed by atoms with van der Waals surface area (Å²) in [4.78, 5) is 3.31. The molecule has 0 aliphatic carbocycles. The van der Waals surface area contributed by atoms with Crippen LogP contribution in [0.15, 0.2) is 18.3 Å². The molecule has 0 bridgehead atoms. The molecule has 0 fully saturated rings. The Morgan fingerprint density at radius 1 is 1.50 bits per heavy atom. The minimum atomic E-state index is 0.192. The summed E-state index contributed by atoms with van der Waals surface area (Å²) < 4.78 is 5.59. The topological polar surface area (TPSA) is 51.0 Å². The molecule has 1 atom stereocenters. The van der Waals surface area contributed by atoms with Crippen molar-refractivity contribution in [1.82, 2.24) is 4.98 Å². The number of benzene rings is 1. The number of H-pyrrole nitrogens is 1. The van der Waals surface area contributed by atoms with Gasteiger partial charge in [0.25, 0.3) is 0 Å². The second-order valence-corrected chi connectivity index (χ2v) is 4.56. The van der Waals surface area contributed by atoms with Gasteiger partial charge in [-0.1, -0.05) is 0 Å². The smallest absolute Gasteiger partial charge is 0.123 e. The maximum Gasteiger partial charge on any atom is 0.123 e. The van der Waals surface area contributed by atoms with Gasteiger partial charge in [0.15, 0.2) is 0 Å². The molecule has 0 radical (unpaired) electrons. The first kappa shape index (κ1) is 9.73. The van der Waals surface area contributed by atoms with Gasteiger partial charge in [0.05, 0.1) is 6.61 Å². The molecule has 1 aromatic heterocycles. The third-order valence-corrected chi connectivity index (χ3v) is 3.14. The summed E-state index contributed by atoms with van der Waals surface area (Å²) in [5.74, 6) is 1.04. The third-order valence-electron chi connectivity index (χ3n) is 3.14. The van der Waals surface area contributed by atoms with E-state index in [1.807, 2.05) is 6.92 Å². The highest BCUT2D eigenvalue weighted by Gasteiger charge is 2.18. The third kappa shape index (κ3) is 1.39. The van der Waals surface area contributed by atoms with E-state index in [2.05, 4.69) is 23.3 Å². The van der Waals surface area contributed by atoms with Crippen molar-refractivity contribution in [1.29, 1.82) is 0 Å². The van der Waals surface area contributed by atoms with Crippen molar-refractivity contribution in [3.05, 3.63) is 29.5 Å². The van der Waals surface area contributed by atoms with Crippen molar-refractivity contribution >= 4 is 10.9 Å². The average molecular weight is 216 g/mol. The molecule has 1 aliphatic heterocycles. The van der Waals surface area contributed by atoms with Gasteiger partial charge in [0.2, 0.25) is 0 Å². The SMILES string of the molecule is C[C@@H](N)Cc1c[nH]c2ccc3c(c12)CCO3. The Bertz CT molecular complexity index is 528. The van der Waals surface area contributed by atoms with Crippen LogP contribution in [0.1, 0.15) is 18.1 Å². The van der Waals surface area contributed by atoms with Crippen molar-refractivity contribution < 1.29 is 4.74 Å². The summed E-state index contributed by atoms with van der Waals surface area (Å²) >= 11 is 0. The Morgan fingerprint density at radius 3 is 3.19 bits per heavy atom. The fourth-order valence-corrected chi connectivity index (χ4v) is 2.51. The molecule has 0 unspecified atom stereocenters. The molecule has 2 aromatic rings. The molecular weight excluding hydrogens is 200 g/mol. The van der Waals surface area contributed by atoms with Gasteiger partial charge in [-0.3, -0.25) is 0 Å². The summed E-state index contributed by atoms with van der Waals surface area (Å²) in [5.41, 5.74) is 9.72. The van der Waals surface area contributed by atoms with E-state index in [-0.39, 0.29) is 6.04 Å². The second kappa shape index (κ2) is 3.52. The number of aromatic amines is 1. The van der Waals surface area contributed by atoms with E-state index in [4.69, 9.17) is 10.5 Å². The standard InChI is InChI=1S/C13H16N2O/c1-8(14)6-9-7-15-11-2-3-12-10(13(9)11)4-5-16-12/h2-3,7-8,15H,4-6,14H2,1H3/t8-/m1/s1. The number of rotatable bonds is 2. The van der Waals surface area contributed by atoms with Crippen LogP contribution in [0.4, 0.5) is 0 Å². The number of fused-ring (bicyclic) bond motifs is 3. The number of hydrogen-bond donors (Lipinski definition) is 2. The molecule has 3 N–H and O–H groups in total. The maximum absolute atomic E-state index is 5.87. The van der Waals surface area contributed by atoms with Gasteiger partial charge in [-0.25, -0.2) is 0 Å². The van der Waals surface area contributed by atoms with Crippen LogP contribution in [0.2, 0.25) is 0 Å². The fraction of sp³-hybridized carbons (Fsp3) is 0.385. The van der Waals surface area contributed by atoms with Gasteiger partial charge < -0.3 is 15.5 Å². The van der Waals surface area contributed by atoms with Crippen LogP contribution in [0.5, 0.6) is 5.75 Å². The van der Waals surface area contributed by atoms with E-state index in [1.54, 1.807) is 0 Å². The van der Waals surface area contributed by atoms with Crippen molar-refractivity contribution in [3.63, 3.8) is 0 Å². The summed E-state index contributed by atoms with van der Waals surface area (Å²) in [6.45, 7) is 2.84. The predicted molar refractivity (Wildman–Crippen MR) is 64.9 cm³/mol. The summed E-state index contributed by atoms with van der Waals surface area (Å²) in [6, 6.07) is 4.33. The first-order chi connectivity index (χ1) is 7.75. The highest BCUT2D eigenvalue weighted by atomic mass is 16.5. The highest BCUT2D eigenvalue weighted by molar-refractivity contribution is 5.89. The van der Waals surface area contributed by atoms with Crippen molar-refractivity contribution in [3.8, 4) is 5.75 Å². The van der Waals surface area contributed by atoms with Crippen molar-refractivity contribution in [2.75, 3.05) is 6.61 Å². The van der Waals surface area contributed by atoms with Crippen LogP contribution in [-0.4, -0.2) is 17.6 Å². The zero-order valence-electron chi connectivity index (χ0n) is 9.42. The Hall–Kier alpha value is -1.48. The van der Waals surface area contributed by atoms with Crippen LogP contribution in [-0.2, 0) is 12.8 Å². The number of nitrogens with two attached hydrogens (primary N) is 1. The largest absolute Gasteiger partial charge is 0.493 e. The van der Waals surface area contributed by atoms with Gasteiger partial charge in [0.1, 0.15) is 5.75 Å². The lowest BCUT2D eigenvalue weighted by molar-refractivity contribution is 0.357. The van der Waals surface area contributed by atoms with E-state index < -0.39 is 0 Å². The number of nitrogens with one attached hydrogen (secondary N) is 1. The van der Waals surface area contributed by atoms with Gasteiger partial charge >= 0.3 is 0 Å². The average Bonchev–Trinajstić information content (AvgIpc) is 2.82. The quantitative estimate of drug-likeness (QED) is 0.806. The molecular formula is C13H16N2O.